The molecule has 2 aliphatic heterocycles. The van der Waals surface area contributed by atoms with E-state index >= 15 is 0 Å². The maximum absolute atomic E-state index is 11.7. The maximum Gasteiger partial charge on any atom is 0.210 e. The molecule has 0 spiro atoms. The fraction of sp³-hybridized carbons (Fsp3) is 0.789. The first-order chi connectivity index (χ1) is 10.2. The Morgan fingerprint density at radius 1 is 1.18 bits per heavy atom. The number of hydrogen-bond acceptors (Lipinski definition) is 3. The number of ether oxygens (including phenoxy) is 2. The van der Waals surface area contributed by atoms with E-state index < -0.39 is 11.4 Å². The lowest BCUT2D eigenvalue weighted by Crippen LogP contribution is -2.64. The molecule has 1 unspecified atom stereocenters. The van der Waals surface area contributed by atoms with Gasteiger partial charge in [0.25, 0.3) is 0 Å². The largest absolute Gasteiger partial charge is 0.470 e. The summed E-state index contributed by atoms with van der Waals surface area (Å²) in [5.41, 5.74) is -1.28. The summed E-state index contributed by atoms with van der Waals surface area (Å²) in [5, 5.41) is 11.7. The van der Waals surface area contributed by atoms with Crippen LogP contribution >= 0.6 is 0 Å². The van der Waals surface area contributed by atoms with Crippen LogP contribution in [0.1, 0.15) is 59.8 Å². The van der Waals surface area contributed by atoms with Crippen LogP contribution in [0.15, 0.2) is 25.0 Å². The van der Waals surface area contributed by atoms with Gasteiger partial charge in [-0.15, -0.1) is 6.58 Å². The molecule has 0 aromatic carbocycles. The summed E-state index contributed by atoms with van der Waals surface area (Å²) >= 11 is 0. The predicted octanol–water partition coefficient (Wildman–Crippen LogP) is 4.18. The van der Waals surface area contributed by atoms with Crippen molar-refractivity contribution in [3.63, 3.8) is 0 Å². The SMILES string of the molecule is C=C[C@@H]1CCC2[C@@](C)(OC=C[C@@]3(O)C(C)(C)CCC[C@]23C)O1. The molecule has 22 heavy (non-hydrogen) atoms. The zero-order valence-electron chi connectivity index (χ0n) is 14.4. The molecule has 1 saturated carbocycles. The van der Waals surface area contributed by atoms with Crippen LogP contribution in [-0.2, 0) is 9.47 Å². The van der Waals surface area contributed by atoms with E-state index in [-0.39, 0.29) is 22.9 Å². The average molecular weight is 306 g/mol. The van der Waals surface area contributed by atoms with Crippen molar-refractivity contribution in [2.24, 2.45) is 16.7 Å². The van der Waals surface area contributed by atoms with Gasteiger partial charge in [0, 0.05) is 18.3 Å². The van der Waals surface area contributed by atoms with Crippen molar-refractivity contribution in [2.45, 2.75) is 77.3 Å². The molecule has 3 aliphatic rings. The van der Waals surface area contributed by atoms with E-state index in [9.17, 15) is 5.11 Å². The second kappa shape index (κ2) is 4.85. The zero-order chi connectivity index (χ0) is 16.2. The maximum atomic E-state index is 11.7. The van der Waals surface area contributed by atoms with Crippen molar-refractivity contribution in [1.82, 2.24) is 0 Å². The van der Waals surface area contributed by atoms with Crippen LogP contribution in [0, 0.1) is 16.7 Å². The van der Waals surface area contributed by atoms with E-state index in [1.165, 1.54) is 0 Å². The molecule has 124 valence electrons. The Labute approximate surface area is 134 Å². The Bertz CT molecular complexity index is 497. The van der Waals surface area contributed by atoms with E-state index in [0.29, 0.717) is 0 Å². The Kier molecular flexibility index (Phi) is 3.54. The van der Waals surface area contributed by atoms with E-state index in [0.717, 1.165) is 32.1 Å². The van der Waals surface area contributed by atoms with Gasteiger partial charge in [-0.3, -0.25) is 0 Å². The van der Waals surface area contributed by atoms with E-state index in [1.807, 2.05) is 19.1 Å². The van der Waals surface area contributed by atoms with Gasteiger partial charge in [0.2, 0.25) is 5.79 Å². The van der Waals surface area contributed by atoms with Crippen molar-refractivity contribution in [3.8, 4) is 0 Å². The molecule has 0 radical (unpaired) electrons. The lowest BCUT2D eigenvalue weighted by Gasteiger charge is -2.61. The first kappa shape index (κ1) is 16.1. The highest BCUT2D eigenvalue weighted by Crippen LogP contribution is 2.63. The van der Waals surface area contributed by atoms with Gasteiger partial charge < -0.3 is 14.6 Å². The minimum atomic E-state index is -0.870. The monoisotopic (exact) mass is 306 g/mol. The second-order valence-electron chi connectivity index (χ2n) is 8.38. The molecular formula is C19H30O3. The Morgan fingerprint density at radius 2 is 1.91 bits per heavy atom. The molecule has 0 aromatic rings. The molecular weight excluding hydrogens is 276 g/mol. The summed E-state index contributed by atoms with van der Waals surface area (Å²) in [6.07, 6.45) is 10.6. The van der Waals surface area contributed by atoms with Crippen LogP contribution < -0.4 is 0 Å². The van der Waals surface area contributed by atoms with Crippen LogP contribution in [-0.4, -0.2) is 22.6 Å². The summed E-state index contributed by atoms with van der Waals surface area (Å²) in [7, 11) is 0. The third-order valence-corrected chi connectivity index (χ3v) is 6.80. The van der Waals surface area contributed by atoms with Gasteiger partial charge in [-0.25, -0.2) is 0 Å². The van der Waals surface area contributed by atoms with Crippen molar-refractivity contribution >= 4 is 0 Å². The molecule has 3 rings (SSSR count). The number of rotatable bonds is 1. The summed E-state index contributed by atoms with van der Waals surface area (Å²) in [4.78, 5) is 0. The smallest absolute Gasteiger partial charge is 0.210 e. The highest BCUT2D eigenvalue weighted by molar-refractivity contribution is 5.22. The van der Waals surface area contributed by atoms with Gasteiger partial charge >= 0.3 is 0 Å². The second-order valence-corrected chi connectivity index (χ2v) is 8.38. The Balaban J connectivity index is 2.07. The van der Waals surface area contributed by atoms with Crippen LogP contribution in [0.2, 0.25) is 0 Å². The molecule has 1 saturated heterocycles. The molecule has 2 heterocycles. The lowest BCUT2D eigenvalue weighted by atomic mass is 9.48. The number of aliphatic hydroxyl groups is 1. The zero-order valence-corrected chi connectivity index (χ0v) is 14.4. The van der Waals surface area contributed by atoms with Gasteiger partial charge in [0.15, 0.2) is 0 Å². The number of hydrogen-bond donors (Lipinski definition) is 1. The third kappa shape index (κ3) is 1.94. The highest BCUT2D eigenvalue weighted by Gasteiger charge is 2.65. The minimum absolute atomic E-state index is 0.0287. The normalized spacial score (nSPS) is 50.2. The molecule has 5 atom stereocenters. The summed E-state index contributed by atoms with van der Waals surface area (Å²) in [6.45, 7) is 12.5. The molecule has 1 aliphatic carbocycles. The van der Waals surface area contributed by atoms with Crippen molar-refractivity contribution < 1.29 is 14.6 Å². The van der Waals surface area contributed by atoms with Gasteiger partial charge in [-0.1, -0.05) is 33.3 Å². The van der Waals surface area contributed by atoms with E-state index in [2.05, 4.69) is 27.4 Å². The third-order valence-electron chi connectivity index (χ3n) is 6.80. The first-order valence-corrected chi connectivity index (χ1v) is 8.57. The molecule has 0 aromatic heterocycles. The van der Waals surface area contributed by atoms with E-state index in [4.69, 9.17) is 9.47 Å². The van der Waals surface area contributed by atoms with E-state index in [1.54, 1.807) is 6.26 Å². The first-order valence-electron chi connectivity index (χ1n) is 8.57. The summed E-state index contributed by atoms with van der Waals surface area (Å²) in [5.74, 6) is -0.531. The summed E-state index contributed by atoms with van der Waals surface area (Å²) < 4.78 is 12.3. The van der Waals surface area contributed by atoms with Crippen LogP contribution in [0.3, 0.4) is 0 Å². The topological polar surface area (TPSA) is 38.7 Å². The molecule has 0 amide bonds. The summed E-state index contributed by atoms with van der Waals surface area (Å²) in [6, 6.07) is 0. The average Bonchev–Trinajstić information content (AvgIpc) is 2.52. The van der Waals surface area contributed by atoms with Gasteiger partial charge in [0.05, 0.1) is 18.0 Å². The fourth-order valence-electron chi connectivity index (χ4n) is 5.38. The van der Waals surface area contributed by atoms with Crippen molar-refractivity contribution in [1.29, 1.82) is 0 Å². The van der Waals surface area contributed by atoms with Crippen LogP contribution in [0.25, 0.3) is 0 Å². The van der Waals surface area contributed by atoms with Crippen molar-refractivity contribution in [2.75, 3.05) is 0 Å². The standard InChI is InChI=1S/C19H30O3/c1-6-14-8-9-15-17(4)11-7-10-16(2,3)19(17,20)12-13-21-18(15,5)22-14/h6,12-15,20H,1,7-11H2,2-5H3/t14-,15?,17-,18+,19-/m1/s1. The molecule has 2 fully saturated rings. The molecule has 3 nitrogen and oxygen atoms in total. The molecule has 3 heteroatoms. The van der Waals surface area contributed by atoms with Crippen molar-refractivity contribution in [3.05, 3.63) is 25.0 Å². The quantitative estimate of drug-likeness (QED) is 0.739. The number of fused-ring (bicyclic) bond motifs is 3. The molecule has 0 bridgehead atoms. The predicted molar refractivity (Wildman–Crippen MR) is 87.1 cm³/mol. The van der Waals surface area contributed by atoms with Gasteiger partial charge in [-0.2, -0.15) is 0 Å². The lowest BCUT2D eigenvalue weighted by molar-refractivity contribution is -0.304. The fourth-order valence-corrected chi connectivity index (χ4v) is 5.38. The minimum Gasteiger partial charge on any atom is -0.470 e. The van der Waals surface area contributed by atoms with Gasteiger partial charge in [0.1, 0.15) is 0 Å². The van der Waals surface area contributed by atoms with Gasteiger partial charge in [-0.05, 0) is 37.2 Å². The highest BCUT2D eigenvalue weighted by atomic mass is 16.7. The Hall–Kier alpha value is -0.800. The van der Waals surface area contributed by atoms with Crippen LogP contribution in [0.4, 0.5) is 0 Å². The molecule has 1 N–H and O–H groups in total. The Morgan fingerprint density at radius 3 is 2.59 bits per heavy atom. The van der Waals surface area contributed by atoms with Crippen LogP contribution in [0.5, 0.6) is 0 Å².